The minimum absolute atomic E-state index is 0.0712. The van der Waals surface area contributed by atoms with Crippen molar-refractivity contribution in [3.63, 3.8) is 0 Å². The first-order valence-corrected chi connectivity index (χ1v) is 7.07. The van der Waals surface area contributed by atoms with Crippen LogP contribution in [0.4, 0.5) is 8.78 Å². The van der Waals surface area contributed by atoms with Crippen molar-refractivity contribution < 1.29 is 8.78 Å². The summed E-state index contributed by atoms with van der Waals surface area (Å²) in [5, 5.41) is 3.17. The predicted octanol–water partition coefficient (Wildman–Crippen LogP) is 3.98. The number of rotatable bonds is 4. The third kappa shape index (κ3) is 3.27. The third-order valence-corrected chi connectivity index (χ3v) is 3.45. The maximum atomic E-state index is 14.4. The maximum Gasteiger partial charge on any atom is 0.134 e. The summed E-state index contributed by atoms with van der Waals surface area (Å²) in [6.07, 6.45) is 0. The lowest BCUT2D eigenvalue weighted by molar-refractivity contribution is 0.506. The number of hydrogen-bond donors (Lipinski definition) is 1. The molecule has 1 N–H and O–H groups in total. The molecule has 1 heterocycles. The van der Waals surface area contributed by atoms with Crippen LogP contribution in [0.1, 0.15) is 41.0 Å². The lowest BCUT2D eigenvalue weighted by atomic mass is 9.95. The first kappa shape index (κ1) is 15.6. The molecule has 2 aromatic rings. The topological polar surface area (TPSA) is 24.9 Å². The lowest BCUT2D eigenvalue weighted by Crippen LogP contribution is -2.25. The van der Waals surface area contributed by atoms with Gasteiger partial charge < -0.3 is 5.32 Å². The molecule has 1 atom stereocenters. The molecule has 0 aliphatic rings. The molecule has 1 aromatic heterocycles. The molecule has 2 nitrogen and oxygen atoms in total. The number of nitrogens with zero attached hydrogens (tertiary/aromatic N) is 1. The molecule has 0 saturated heterocycles. The van der Waals surface area contributed by atoms with Crippen LogP contribution in [0.25, 0.3) is 0 Å². The van der Waals surface area contributed by atoms with Gasteiger partial charge in [-0.1, -0.05) is 13.0 Å². The van der Waals surface area contributed by atoms with Gasteiger partial charge >= 0.3 is 0 Å². The summed E-state index contributed by atoms with van der Waals surface area (Å²) in [6.45, 7) is 7.92. The van der Waals surface area contributed by atoms with Gasteiger partial charge in [0.05, 0.1) is 6.04 Å². The monoisotopic (exact) mass is 290 g/mol. The zero-order chi connectivity index (χ0) is 15.6. The maximum absolute atomic E-state index is 14.4. The summed E-state index contributed by atoms with van der Waals surface area (Å²) in [6, 6.07) is 5.98. The summed E-state index contributed by atoms with van der Waals surface area (Å²) in [5.74, 6) is -1.02. The molecular weight excluding hydrogens is 270 g/mol. The second-order valence-electron chi connectivity index (χ2n) is 5.27. The highest BCUT2D eigenvalue weighted by Gasteiger charge is 2.23. The van der Waals surface area contributed by atoms with E-state index in [-0.39, 0.29) is 5.56 Å². The summed E-state index contributed by atoms with van der Waals surface area (Å²) < 4.78 is 28.6. The van der Waals surface area contributed by atoms with Crippen molar-refractivity contribution in [1.82, 2.24) is 10.3 Å². The Hall–Kier alpha value is -1.81. The molecule has 112 valence electrons. The van der Waals surface area contributed by atoms with E-state index in [9.17, 15) is 8.78 Å². The molecule has 0 aliphatic heterocycles. The van der Waals surface area contributed by atoms with Gasteiger partial charge in [-0.3, -0.25) is 4.98 Å². The van der Waals surface area contributed by atoms with Crippen molar-refractivity contribution in [2.24, 2.45) is 0 Å². The summed E-state index contributed by atoms with van der Waals surface area (Å²) >= 11 is 0. The zero-order valence-corrected chi connectivity index (χ0v) is 12.8. The normalized spacial score (nSPS) is 12.5. The average molecular weight is 290 g/mol. The highest BCUT2D eigenvalue weighted by atomic mass is 19.1. The van der Waals surface area contributed by atoms with E-state index in [1.165, 1.54) is 12.1 Å². The van der Waals surface area contributed by atoms with E-state index in [1.807, 2.05) is 32.9 Å². The number of pyridine rings is 1. The van der Waals surface area contributed by atoms with Gasteiger partial charge in [-0.05, 0) is 56.6 Å². The molecule has 0 spiro atoms. The van der Waals surface area contributed by atoms with E-state index in [0.717, 1.165) is 17.0 Å². The van der Waals surface area contributed by atoms with Gasteiger partial charge in [0, 0.05) is 17.0 Å². The Morgan fingerprint density at radius 1 is 1.10 bits per heavy atom. The molecule has 0 amide bonds. The fraction of sp³-hybridized carbons (Fsp3) is 0.353. The second kappa shape index (κ2) is 6.31. The third-order valence-electron chi connectivity index (χ3n) is 3.45. The molecule has 1 unspecified atom stereocenters. The molecule has 0 radical (unpaired) electrons. The smallest absolute Gasteiger partial charge is 0.134 e. The molecule has 0 fully saturated rings. The van der Waals surface area contributed by atoms with Gasteiger partial charge in [-0.15, -0.1) is 0 Å². The molecule has 0 aliphatic carbocycles. The molecule has 0 bridgehead atoms. The van der Waals surface area contributed by atoms with E-state index < -0.39 is 17.7 Å². The van der Waals surface area contributed by atoms with Crippen LogP contribution in [0, 0.1) is 32.4 Å². The van der Waals surface area contributed by atoms with Gasteiger partial charge in [0.25, 0.3) is 0 Å². The van der Waals surface area contributed by atoms with Crippen LogP contribution in [0.2, 0.25) is 0 Å². The van der Waals surface area contributed by atoms with Crippen molar-refractivity contribution in [3.8, 4) is 0 Å². The van der Waals surface area contributed by atoms with Gasteiger partial charge in [-0.2, -0.15) is 0 Å². The van der Waals surface area contributed by atoms with Crippen LogP contribution in [0.5, 0.6) is 0 Å². The van der Waals surface area contributed by atoms with Crippen LogP contribution in [-0.2, 0) is 0 Å². The quantitative estimate of drug-likeness (QED) is 0.921. The summed E-state index contributed by atoms with van der Waals surface area (Å²) in [7, 11) is 0. The van der Waals surface area contributed by atoms with Gasteiger partial charge in [0.2, 0.25) is 0 Å². The van der Waals surface area contributed by atoms with Crippen molar-refractivity contribution in [2.45, 2.75) is 33.7 Å². The van der Waals surface area contributed by atoms with Crippen molar-refractivity contribution >= 4 is 0 Å². The Kier molecular flexibility index (Phi) is 4.68. The second-order valence-corrected chi connectivity index (χ2v) is 5.27. The molecule has 2 rings (SSSR count). The Labute approximate surface area is 124 Å². The Bertz CT molecular complexity index is 633. The fourth-order valence-electron chi connectivity index (χ4n) is 2.57. The highest BCUT2D eigenvalue weighted by molar-refractivity contribution is 5.37. The molecule has 21 heavy (non-hydrogen) atoms. The predicted molar refractivity (Wildman–Crippen MR) is 80.3 cm³/mol. The van der Waals surface area contributed by atoms with Crippen molar-refractivity contribution in [3.05, 3.63) is 64.0 Å². The number of aromatic nitrogens is 1. The fourth-order valence-corrected chi connectivity index (χ4v) is 2.57. The number of benzene rings is 1. The lowest BCUT2D eigenvalue weighted by Gasteiger charge is -2.21. The standard InChI is InChI=1S/C17H20F2N2/c1-5-20-17(13-8-11(3)21-12(4)9-13)15-14(18)7-6-10(2)16(15)19/h6-9,17,20H,5H2,1-4H3. The highest BCUT2D eigenvalue weighted by Crippen LogP contribution is 2.29. The number of halogens is 2. The van der Waals surface area contributed by atoms with E-state index >= 15 is 0 Å². The van der Waals surface area contributed by atoms with Crippen LogP contribution >= 0.6 is 0 Å². The largest absolute Gasteiger partial charge is 0.306 e. The average Bonchev–Trinajstić information content (AvgIpc) is 2.41. The van der Waals surface area contributed by atoms with Gasteiger partial charge in [0.1, 0.15) is 11.6 Å². The minimum atomic E-state index is -0.531. The van der Waals surface area contributed by atoms with Crippen LogP contribution in [0.15, 0.2) is 24.3 Å². The van der Waals surface area contributed by atoms with E-state index in [0.29, 0.717) is 12.1 Å². The first-order valence-electron chi connectivity index (χ1n) is 7.07. The van der Waals surface area contributed by atoms with Gasteiger partial charge in [0.15, 0.2) is 0 Å². The van der Waals surface area contributed by atoms with E-state index in [2.05, 4.69) is 10.3 Å². The SMILES string of the molecule is CCNC(c1cc(C)nc(C)c1)c1c(F)ccc(C)c1F. The molecule has 1 aromatic carbocycles. The summed E-state index contributed by atoms with van der Waals surface area (Å²) in [4.78, 5) is 4.32. The van der Waals surface area contributed by atoms with Gasteiger partial charge in [-0.25, -0.2) is 8.78 Å². The van der Waals surface area contributed by atoms with Crippen LogP contribution < -0.4 is 5.32 Å². The van der Waals surface area contributed by atoms with E-state index in [1.54, 1.807) is 6.92 Å². The number of hydrogen-bond acceptors (Lipinski definition) is 2. The summed E-state index contributed by atoms with van der Waals surface area (Å²) in [5.41, 5.74) is 3.01. The van der Waals surface area contributed by atoms with Crippen molar-refractivity contribution in [1.29, 1.82) is 0 Å². The molecule has 0 saturated carbocycles. The van der Waals surface area contributed by atoms with Crippen LogP contribution in [-0.4, -0.2) is 11.5 Å². The first-order chi connectivity index (χ1) is 9.93. The van der Waals surface area contributed by atoms with E-state index in [4.69, 9.17) is 0 Å². The Morgan fingerprint density at radius 2 is 1.71 bits per heavy atom. The number of nitrogens with one attached hydrogen (secondary N) is 1. The number of aryl methyl sites for hydroxylation is 3. The van der Waals surface area contributed by atoms with Crippen LogP contribution in [0.3, 0.4) is 0 Å². The Balaban J connectivity index is 2.61. The zero-order valence-electron chi connectivity index (χ0n) is 12.8. The molecule has 4 heteroatoms. The van der Waals surface area contributed by atoms with Crippen molar-refractivity contribution in [2.75, 3.05) is 6.54 Å². The minimum Gasteiger partial charge on any atom is -0.306 e. The molecular formula is C17H20F2N2. The Morgan fingerprint density at radius 3 is 2.29 bits per heavy atom.